The van der Waals surface area contributed by atoms with Crippen molar-refractivity contribution in [2.45, 2.75) is 217 Å². The number of phenols is 1. The highest BCUT2D eigenvalue weighted by molar-refractivity contribution is 5.99. The molecule has 0 aliphatic carbocycles. The second-order valence-electron chi connectivity index (χ2n) is 24.1. The number of carbonyl (C=O) groups excluding carboxylic acids is 11. The summed E-state index contributed by atoms with van der Waals surface area (Å²) in [6.45, 7) is 9.84. The number of rotatable bonds is 43. The molecule has 1 aliphatic heterocycles. The van der Waals surface area contributed by atoms with Crippen LogP contribution in [0.1, 0.15) is 143 Å². The van der Waals surface area contributed by atoms with E-state index in [1.807, 2.05) is 0 Å². The maximum absolute atomic E-state index is 14.3. The number of phenolic OH excluding ortho intramolecular Hbond substituents is 1. The first-order valence-corrected chi connectivity index (χ1v) is 32.5. The van der Waals surface area contributed by atoms with Gasteiger partial charge in [0, 0.05) is 25.8 Å². The lowest BCUT2D eigenvalue weighted by Gasteiger charge is -2.30. The minimum absolute atomic E-state index is 0.0680. The van der Waals surface area contributed by atoms with Gasteiger partial charge in [0.1, 0.15) is 72.2 Å². The van der Waals surface area contributed by atoms with Crippen molar-refractivity contribution in [1.29, 1.82) is 0 Å². The third-order valence-corrected chi connectivity index (χ3v) is 16.3. The van der Waals surface area contributed by atoms with E-state index in [-0.39, 0.29) is 70.2 Å². The molecule has 11 amide bonds. The van der Waals surface area contributed by atoms with E-state index in [1.54, 1.807) is 44.2 Å². The standard InChI is InChI=1S/C64H101N15O16/c1-7-36(2)52(78-55(85)39(5)69-56(86)44(68)28-29-51(81)82)62(92)77-49(35-42-24-26-43(80)27-25-42)60(90)70-37(3)53(83)72-40(6)63(93)79-33-17-23-50(79)61(91)76-48(34-41-18-9-8-10-19-41)59(89)71-38(4)54(84)73-45(20-11-14-30-65)57(87)74-46(21-12-15-31-66)58(88)75-47(64(94)95)22-13-16-32-67/h8-10,18-19,24-27,36-40,44-50,52,80H,7,11-17,20-23,28-35,65-68H2,1-6H3,(H,69,86)(H,70,90)(H,71,89)(H,72,83)(H,73,84)(H,74,87)(H,75,88)(H,76,91)(H,77,92)(H,78,85)(H,81,82)(H,94,95). The molecule has 2 aromatic carbocycles. The number of nitrogens with two attached hydrogens (primary N) is 4. The maximum atomic E-state index is 14.3. The van der Waals surface area contributed by atoms with Crippen LogP contribution in [-0.2, 0) is 75.2 Å². The Kier molecular flexibility index (Phi) is 35.4. The molecule has 13 atom stereocenters. The summed E-state index contributed by atoms with van der Waals surface area (Å²) in [7, 11) is 0. The van der Waals surface area contributed by atoms with Crippen molar-refractivity contribution in [3.8, 4) is 5.75 Å². The van der Waals surface area contributed by atoms with Crippen molar-refractivity contribution in [2.24, 2.45) is 28.9 Å². The number of nitrogens with zero attached hydrogens (tertiary/aromatic N) is 1. The molecular formula is C64H101N15O16. The number of aliphatic carboxylic acids is 2. The zero-order chi connectivity index (χ0) is 70.9. The monoisotopic (exact) mass is 1340 g/mol. The molecule has 21 N–H and O–H groups in total. The summed E-state index contributed by atoms with van der Waals surface area (Å²) < 4.78 is 0. The highest BCUT2D eigenvalue weighted by Gasteiger charge is 2.40. The largest absolute Gasteiger partial charge is 0.508 e. The van der Waals surface area contributed by atoms with Crippen molar-refractivity contribution in [3.05, 3.63) is 65.7 Å². The molecule has 1 aliphatic rings. The number of amides is 11. The Morgan fingerprint density at radius 3 is 1.40 bits per heavy atom. The van der Waals surface area contributed by atoms with E-state index in [9.17, 15) is 72.5 Å². The summed E-state index contributed by atoms with van der Waals surface area (Å²) in [5.41, 5.74) is 23.9. The molecule has 3 rings (SSSR count). The average molecular weight is 1340 g/mol. The van der Waals surface area contributed by atoms with Gasteiger partial charge in [-0.3, -0.25) is 57.5 Å². The lowest BCUT2D eigenvalue weighted by molar-refractivity contribution is -0.142. The average Bonchev–Trinajstić information content (AvgIpc) is 1.80. The van der Waals surface area contributed by atoms with Crippen molar-refractivity contribution in [3.63, 3.8) is 0 Å². The maximum Gasteiger partial charge on any atom is 0.326 e. The lowest BCUT2D eigenvalue weighted by atomic mass is 9.96. The van der Waals surface area contributed by atoms with Gasteiger partial charge in [0.25, 0.3) is 0 Å². The molecule has 0 bridgehead atoms. The third-order valence-electron chi connectivity index (χ3n) is 16.3. The first-order valence-electron chi connectivity index (χ1n) is 32.5. The van der Waals surface area contributed by atoms with Crippen molar-refractivity contribution in [2.75, 3.05) is 26.2 Å². The Morgan fingerprint density at radius 2 is 0.905 bits per heavy atom. The number of likely N-dealkylation sites (tertiary alicyclic amines) is 1. The number of unbranched alkanes of at least 4 members (excludes halogenated alkanes) is 3. The van der Waals surface area contributed by atoms with Gasteiger partial charge in [0.2, 0.25) is 65.0 Å². The normalized spacial score (nSPS) is 16.5. The molecule has 2 aromatic rings. The van der Waals surface area contributed by atoms with E-state index in [0.717, 1.165) is 0 Å². The summed E-state index contributed by atoms with van der Waals surface area (Å²) in [4.78, 5) is 177. The van der Waals surface area contributed by atoms with Crippen LogP contribution in [0.2, 0.25) is 0 Å². The second-order valence-corrected chi connectivity index (χ2v) is 24.1. The van der Waals surface area contributed by atoms with E-state index in [0.29, 0.717) is 75.6 Å². The van der Waals surface area contributed by atoms with Gasteiger partial charge < -0.3 is 96.3 Å². The van der Waals surface area contributed by atoms with E-state index >= 15 is 0 Å². The van der Waals surface area contributed by atoms with Crippen LogP contribution < -0.4 is 76.1 Å². The fourth-order valence-corrected chi connectivity index (χ4v) is 10.3. The Balaban J connectivity index is 1.77. The number of hydrogen-bond donors (Lipinski definition) is 17. The molecular weight excluding hydrogens is 1230 g/mol. The van der Waals surface area contributed by atoms with Crippen LogP contribution in [0.3, 0.4) is 0 Å². The molecule has 13 unspecified atom stereocenters. The molecule has 0 aromatic heterocycles. The van der Waals surface area contributed by atoms with Crippen LogP contribution in [-0.4, -0.2) is 196 Å². The zero-order valence-corrected chi connectivity index (χ0v) is 55.2. The first kappa shape index (κ1) is 80.4. The zero-order valence-electron chi connectivity index (χ0n) is 55.2. The minimum Gasteiger partial charge on any atom is -0.508 e. The summed E-state index contributed by atoms with van der Waals surface area (Å²) in [6, 6.07) is -0.788. The van der Waals surface area contributed by atoms with Crippen LogP contribution in [0.15, 0.2) is 54.6 Å². The van der Waals surface area contributed by atoms with Crippen molar-refractivity contribution < 1.29 is 77.6 Å². The summed E-state index contributed by atoms with van der Waals surface area (Å²) in [5, 5.41) is 54.8. The van der Waals surface area contributed by atoms with Crippen LogP contribution in [0, 0.1) is 5.92 Å². The predicted molar refractivity (Wildman–Crippen MR) is 349 cm³/mol. The molecule has 31 nitrogen and oxygen atoms in total. The minimum atomic E-state index is -1.40. The predicted octanol–water partition coefficient (Wildman–Crippen LogP) is -2.19. The van der Waals surface area contributed by atoms with Gasteiger partial charge in [0.15, 0.2) is 0 Å². The number of hydrogen-bond acceptors (Lipinski definition) is 18. The van der Waals surface area contributed by atoms with Crippen LogP contribution >= 0.6 is 0 Å². The summed E-state index contributed by atoms with van der Waals surface area (Å²) >= 11 is 0. The summed E-state index contributed by atoms with van der Waals surface area (Å²) in [6.07, 6.45) is 3.07. The third kappa shape index (κ3) is 28.0. The van der Waals surface area contributed by atoms with Crippen LogP contribution in [0.4, 0.5) is 0 Å². The molecule has 1 saturated heterocycles. The van der Waals surface area contributed by atoms with Crippen molar-refractivity contribution >= 4 is 76.9 Å². The van der Waals surface area contributed by atoms with Gasteiger partial charge in [0.05, 0.1) is 6.04 Å². The SMILES string of the molecule is CCC(C)C(NC(=O)C(C)NC(=O)C(N)CCC(=O)O)C(=O)NC(Cc1ccc(O)cc1)C(=O)NC(C)C(=O)NC(C)C(=O)N1CCCC1C(=O)NC(Cc1ccccc1)C(=O)NC(C)C(=O)NC(CCCCN)C(=O)NC(CCCCN)C(=O)NC(CCCCN)C(=O)O. The summed E-state index contributed by atoms with van der Waals surface area (Å²) in [5.74, 6) is -11.6. The van der Waals surface area contributed by atoms with Gasteiger partial charge in [-0.2, -0.15) is 0 Å². The van der Waals surface area contributed by atoms with Gasteiger partial charge in [-0.1, -0.05) is 62.7 Å². The van der Waals surface area contributed by atoms with E-state index in [1.165, 1.54) is 56.9 Å². The van der Waals surface area contributed by atoms with E-state index in [4.69, 9.17) is 28.0 Å². The highest BCUT2D eigenvalue weighted by Crippen LogP contribution is 2.20. The van der Waals surface area contributed by atoms with Gasteiger partial charge in [-0.05, 0) is 154 Å². The topological polar surface area (TPSA) is 510 Å². The van der Waals surface area contributed by atoms with E-state index in [2.05, 4.69) is 53.2 Å². The van der Waals surface area contributed by atoms with Gasteiger partial charge in [-0.15, -0.1) is 0 Å². The number of carboxylic acid groups (broad SMARTS) is 2. The Morgan fingerprint density at radius 1 is 0.484 bits per heavy atom. The molecule has 0 spiro atoms. The molecule has 95 heavy (non-hydrogen) atoms. The molecule has 31 heteroatoms. The Bertz CT molecular complexity index is 2890. The van der Waals surface area contributed by atoms with Gasteiger partial charge in [-0.25, -0.2) is 4.79 Å². The fourth-order valence-electron chi connectivity index (χ4n) is 10.3. The molecule has 1 fully saturated rings. The number of benzene rings is 2. The first-order chi connectivity index (χ1) is 45.0. The Labute approximate surface area is 554 Å². The number of carboxylic acids is 2. The smallest absolute Gasteiger partial charge is 0.326 e. The number of carbonyl (C=O) groups is 13. The van der Waals surface area contributed by atoms with Gasteiger partial charge >= 0.3 is 11.9 Å². The highest BCUT2D eigenvalue weighted by atomic mass is 16.4. The quantitative estimate of drug-likeness (QED) is 0.0314. The van der Waals surface area contributed by atoms with E-state index < -0.39 is 155 Å². The lowest BCUT2D eigenvalue weighted by Crippen LogP contribution is -2.60. The molecule has 1 heterocycles. The Hall–Kier alpha value is -8.81. The number of nitrogens with one attached hydrogen (secondary N) is 10. The molecule has 0 radical (unpaired) electrons. The number of aromatic hydroxyl groups is 1. The second kappa shape index (κ2) is 41.8. The molecule has 528 valence electrons. The van der Waals surface area contributed by atoms with Crippen molar-refractivity contribution in [1.82, 2.24) is 58.1 Å². The van der Waals surface area contributed by atoms with Crippen LogP contribution in [0.25, 0.3) is 0 Å². The molecule has 0 saturated carbocycles. The van der Waals surface area contributed by atoms with Crippen LogP contribution in [0.5, 0.6) is 5.75 Å². The fraction of sp³-hybridized carbons (Fsp3) is 0.609.